The Balaban J connectivity index is 1.40. The van der Waals surface area contributed by atoms with E-state index >= 15 is 0 Å². The van der Waals surface area contributed by atoms with E-state index in [0.29, 0.717) is 36.0 Å². The van der Waals surface area contributed by atoms with E-state index in [0.717, 1.165) is 55.8 Å². The zero-order chi connectivity index (χ0) is 26.1. The van der Waals surface area contributed by atoms with Crippen molar-refractivity contribution in [2.45, 2.75) is 117 Å². The summed E-state index contributed by atoms with van der Waals surface area (Å²) in [4.78, 5) is 11.4. The number of hydrogen-bond acceptors (Lipinski definition) is 4. The first-order chi connectivity index (χ1) is 17.0. The molecule has 5 unspecified atom stereocenters. The fourth-order valence-corrected chi connectivity index (χ4v) is 9.33. The number of rotatable bonds is 11. The topological polar surface area (TPSA) is 58.6 Å². The molecule has 4 nitrogen and oxygen atoms in total. The first-order valence-electron chi connectivity index (χ1n) is 15.2. The van der Waals surface area contributed by atoms with E-state index in [2.05, 4.69) is 32.2 Å². The minimum atomic E-state index is -0.547. The molecule has 0 heterocycles. The summed E-state index contributed by atoms with van der Waals surface area (Å²) >= 11 is 0. The molecule has 3 saturated carbocycles. The van der Waals surface area contributed by atoms with E-state index in [-0.39, 0.29) is 5.92 Å². The summed E-state index contributed by atoms with van der Waals surface area (Å²) in [6.45, 7) is 15.5. The van der Waals surface area contributed by atoms with Gasteiger partial charge in [0.15, 0.2) is 0 Å². The minimum Gasteiger partial charge on any atom is -0.390 e. The average Bonchev–Trinajstić information content (AvgIpc) is 3.19. The summed E-state index contributed by atoms with van der Waals surface area (Å²) in [6.07, 6.45) is 16.3. The van der Waals surface area contributed by atoms with Crippen LogP contribution in [0.4, 0.5) is 0 Å². The van der Waals surface area contributed by atoms with Gasteiger partial charge in [-0.05, 0) is 125 Å². The number of carbonyl (C=O) groups excluding carboxylic acids is 1. The van der Waals surface area contributed by atoms with E-state index in [1.807, 2.05) is 20.8 Å². The van der Waals surface area contributed by atoms with Gasteiger partial charge in [0.25, 0.3) is 0 Å². The van der Waals surface area contributed by atoms with Gasteiger partial charge < -0.3 is 20.0 Å². The van der Waals surface area contributed by atoms with Crippen LogP contribution in [0.3, 0.4) is 0 Å². The van der Waals surface area contributed by atoms with Crippen LogP contribution in [0, 0.1) is 46.3 Å². The van der Waals surface area contributed by atoms with Crippen LogP contribution in [0.5, 0.6) is 0 Å². The van der Waals surface area contributed by atoms with Crippen molar-refractivity contribution in [1.82, 2.24) is 5.32 Å². The van der Waals surface area contributed by atoms with Crippen molar-refractivity contribution in [2.24, 2.45) is 46.3 Å². The number of ether oxygens (including phenoxy) is 1. The zero-order valence-electron chi connectivity index (χ0n) is 24.2. The van der Waals surface area contributed by atoms with E-state index < -0.39 is 5.60 Å². The normalized spacial score (nSPS) is 40.0. The van der Waals surface area contributed by atoms with Crippen molar-refractivity contribution in [3.8, 4) is 0 Å². The highest BCUT2D eigenvalue weighted by Gasteiger charge is 2.59. The summed E-state index contributed by atoms with van der Waals surface area (Å²) in [5.41, 5.74) is 2.00. The first-order valence-corrected chi connectivity index (χ1v) is 15.2. The van der Waals surface area contributed by atoms with Gasteiger partial charge >= 0.3 is 0 Å². The maximum Gasteiger partial charge on any atom is 0.126 e. The molecule has 0 saturated heterocycles. The summed E-state index contributed by atoms with van der Waals surface area (Å²) in [5, 5.41) is 14.0. The highest BCUT2D eigenvalue weighted by Crippen LogP contribution is 2.67. The highest BCUT2D eigenvalue weighted by molar-refractivity contribution is 5.54. The van der Waals surface area contributed by atoms with Gasteiger partial charge in [-0.25, -0.2) is 0 Å². The van der Waals surface area contributed by atoms with Crippen molar-refractivity contribution in [3.63, 3.8) is 0 Å². The van der Waals surface area contributed by atoms with Gasteiger partial charge in [0.2, 0.25) is 0 Å². The molecule has 0 bridgehead atoms. The van der Waals surface area contributed by atoms with Gasteiger partial charge in [0.1, 0.15) is 6.29 Å². The quantitative estimate of drug-likeness (QED) is 0.249. The maximum atomic E-state index is 11.4. The van der Waals surface area contributed by atoms with Crippen LogP contribution in [0.25, 0.3) is 0 Å². The van der Waals surface area contributed by atoms with Gasteiger partial charge in [0.05, 0.1) is 18.1 Å². The molecule has 0 aromatic rings. The fourth-order valence-electron chi connectivity index (χ4n) is 9.33. The zero-order valence-corrected chi connectivity index (χ0v) is 24.2. The molecule has 36 heavy (non-hydrogen) atoms. The lowest BCUT2D eigenvalue weighted by atomic mass is 9.47. The molecule has 4 rings (SSSR count). The molecular weight excluding hydrogens is 446 g/mol. The second-order valence-electron chi connectivity index (χ2n) is 14.2. The Labute approximate surface area is 221 Å². The number of allylic oxidation sites excluding steroid dienone is 1. The maximum absolute atomic E-state index is 11.4. The number of fused-ring (bicyclic) bond motifs is 5. The minimum absolute atomic E-state index is 0.0415. The summed E-state index contributed by atoms with van der Waals surface area (Å²) in [5.74, 6) is 4.02. The lowest BCUT2D eigenvalue weighted by Gasteiger charge is -2.58. The Bertz CT molecular complexity index is 787. The third kappa shape index (κ3) is 5.66. The van der Waals surface area contributed by atoms with Gasteiger partial charge in [-0.1, -0.05) is 32.4 Å². The van der Waals surface area contributed by atoms with Crippen molar-refractivity contribution < 1.29 is 14.6 Å². The van der Waals surface area contributed by atoms with Gasteiger partial charge in [-0.2, -0.15) is 0 Å². The Morgan fingerprint density at radius 1 is 1.19 bits per heavy atom. The van der Waals surface area contributed by atoms with E-state index in [9.17, 15) is 9.90 Å². The summed E-state index contributed by atoms with van der Waals surface area (Å²) in [7, 11) is 0. The molecule has 0 radical (unpaired) electrons. The fraction of sp³-hybridized carbons (Fsp3) is 0.906. The molecule has 2 N–H and O–H groups in total. The van der Waals surface area contributed by atoms with Crippen LogP contribution in [-0.2, 0) is 9.53 Å². The Hall–Kier alpha value is -0.710. The molecule has 4 aliphatic carbocycles. The third-order valence-corrected chi connectivity index (χ3v) is 11.5. The Morgan fingerprint density at radius 2 is 1.97 bits per heavy atom. The average molecular weight is 502 g/mol. The second-order valence-corrected chi connectivity index (χ2v) is 14.2. The summed E-state index contributed by atoms with van der Waals surface area (Å²) in [6, 6.07) is 0.492. The SMILES string of the molecule is CCOCC(C=O)CN[C@H]1CC[C@@]2(C)C(=CCC3C2CC[C@@]2(C)C3CC[C@@H]2C(C)CCC(C)(C)O)C1. The summed E-state index contributed by atoms with van der Waals surface area (Å²) < 4.78 is 5.49. The predicted octanol–water partition coefficient (Wildman–Crippen LogP) is 6.56. The molecule has 0 amide bonds. The van der Waals surface area contributed by atoms with Crippen LogP contribution in [0.1, 0.15) is 106 Å². The Kier molecular flexibility index (Phi) is 8.79. The van der Waals surface area contributed by atoms with Crippen LogP contribution >= 0.6 is 0 Å². The van der Waals surface area contributed by atoms with Crippen LogP contribution in [0.15, 0.2) is 11.6 Å². The number of aldehydes is 1. The monoisotopic (exact) mass is 501 g/mol. The van der Waals surface area contributed by atoms with Gasteiger partial charge in [-0.3, -0.25) is 0 Å². The second kappa shape index (κ2) is 11.2. The molecule has 9 atom stereocenters. The lowest BCUT2D eigenvalue weighted by molar-refractivity contribution is -0.112. The molecule has 0 aromatic heterocycles. The van der Waals surface area contributed by atoms with Crippen LogP contribution < -0.4 is 5.32 Å². The number of aliphatic hydroxyl groups is 1. The standard InChI is InChI=1S/C32H55NO3/c1-7-36-21-23(20-34)19-33-25-13-16-31(5)24(18-25)8-9-26-28-11-10-27(22(2)12-15-30(3,4)35)32(28,6)17-14-29(26)31/h8,20,22-23,25-29,33,35H,7,9-19,21H2,1-6H3/t22?,23?,25-,26?,27+,28?,29?,31-,32+/m0/s1. The van der Waals surface area contributed by atoms with Crippen molar-refractivity contribution in [1.29, 1.82) is 0 Å². The molecule has 4 heteroatoms. The molecule has 0 aliphatic heterocycles. The number of carbonyl (C=O) groups is 1. The number of hydrogen-bond donors (Lipinski definition) is 2. The predicted molar refractivity (Wildman–Crippen MR) is 148 cm³/mol. The molecule has 3 fully saturated rings. The lowest BCUT2D eigenvalue weighted by Crippen LogP contribution is -2.52. The first kappa shape index (κ1) is 28.3. The molecule has 0 aromatic carbocycles. The van der Waals surface area contributed by atoms with Crippen LogP contribution in [-0.4, -0.2) is 42.8 Å². The van der Waals surface area contributed by atoms with Gasteiger partial charge in [0, 0.05) is 19.2 Å². The third-order valence-electron chi connectivity index (χ3n) is 11.5. The Morgan fingerprint density at radius 3 is 2.67 bits per heavy atom. The van der Waals surface area contributed by atoms with Gasteiger partial charge in [-0.15, -0.1) is 0 Å². The molecule has 206 valence electrons. The van der Waals surface area contributed by atoms with E-state index in [4.69, 9.17) is 4.74 Å². The van der Waals surface area contributed by atoms with E-state index in [1.54, 1.807) is 5.57 Å². The number of nitrogens with one attached hydrogen (secondary N) is 1. The van der Waals surface area contributed by atoms with Crippen molar-refractivity contribution in [2.75, 3.05) is 19.8 Å². The molecule has 0 spiro atoms. The van der Waals surface area contributed by atoms with E-state index in [1.165, 1.54) is 44.9 Å². The smallest absolute Gasteiger partial charge is 0.126 e. The molecular formula is C32H55NO3. The molecule has 4 aliphatic rings. The van der Waals surface area contributed by atoms with Crippen molar-refractivity contribution in [3.05, 3.63) is 11.6 Å². The van der Waals surface area contributed by atoms with Crippen LogP contribution in [0.2, 0.25) is 0 Å². The van der Waals surface area contributed by atoms with Crippen molar-refractivity contribution >= 4 is 6.29 Å². The highest BCUT2D eigenvalue weighted by atomic mass is 16.5. The largest absolute Gasteiger partial charge is 0.390 e.